The first kappa shape index (κ1) is 15.3. The number of hydrogen-bond donors (Lipinski definition) is 3. The molecule has 0 radical (unpaired) electrons. The Balaban J connectivity index is 1.74. The van der Waals surface area contributed by atoms with E-state index in [1.807, 2.05) is 6.07 Å². The van der Waals surface area contributed by atoms with Crippen molar-refractivity contribution in [2.45, 2.75) is 6.42 Å². The molecule has 22 heavy (non-hydrogen) atoms. The van der Waals surface area contributed by atoms with E-state index >= 15 is 0 Å². The van der Waals surface area contributed by atoms with Crippen LogP contribution in [-0.4, -0.2) is 34.1 Å². The number of aromatic hydroxyl groups is 1. The van der Waals surface area contributed by atoms with Gasteiger partial charge in [0.1, 0.15) is 11.8 Å². The van der Waals surface area contributed by atoms with Crippen LogP contribution in [0, 0.1) is 11.3 Å². The summed E-state index contributed by atoms with van der Waals surface area (Å²) in [4.78, 5) is 19.7. The van der Waals surface area contributed by atoms with Crippen LogP contribution < -0.4 is 10.6 Å². The molecule has 0 saturated heterocycles. The minimum Gasteiger partial charge on any atom is -0.508 e. The molecule has 1 aromatic heterocycles. The van der Waals surface area contributed by atoms with Crippen molar-refractivity contribution >= 4 is 11.7 Å². The Kier molecular flexibility index (Phi) is 5.26. The van der Waals surface area contributed by atoms with Crippen LogP contribution in [0.4, 0.5) is 5.82 Å². The second-order valence-corrected chi connectivity index (χ2v) is 4.45. The number of nitriles is 1. The predicted molar refractivity (Wildman–Crippen MR) is 80.3 cm³/mol. The second-order valence-electron chi connectivity index (χ2n) is 4.45. The third-order valence-corrected chi connectivity index (χ3v) is 2.84. The summed E-state index contributed by atoms with van der Waals surface area (Å²) in [5.74, 6) is 0.249. The van der Waals surface area contributed by atoms with Crippen molar-refractivity contribution < 1.29 is 9.90 Å². The highest BCUT2D eigenvalue weighted by Gasteiger charge is 2.06. The maximum absolute atomic E-state index is 11.8. The summed E-state index contributed by atoms with van der Waals surface area (Å²) in [5.41, 5.74) is 0.653. The lowest BCUT2D eigenvalue weighted by molar-refractivity contribution is 0.0953. The molecule has 2 aromatic rings. The van der Waals surface area contributed by atoms with Crippen molar-refractivity contribution in [2.24, 2.45) is 0 Å². The van der Waals surface area contributed by atoms with E-state index in [0.29, 0.717) is 30.9 Å². The first-order valence-electron chi connectivity index (χ1n) is 6.73. The van der Waals surface area contributed by atoms with E-state index in [0.717, 1.165) is 0 Å². The molecule has 1 aromatic carbocycles. The van der Waals surface area contributed by atoms with Gasteiger partial charge in [0.15, 0.2) is 11.5 Å². The molecule has 0 unspecified atom stereocenters. The summed E-state index contributed by atoms with van der Waals surface area (Å²) in [6.07, 6.45) is 3.62. The van der Waals surface area contributed by atoms with Crippen LogP contribution in [0.15, 0.2) is 36.7 Å². The molecule has 0 spiro atoms. The monoisotopic (exact) mass is 297 g/mol. The van der Waals surface area contributed by atoms with Crippen LogP contribution in [0.2, 0.25) is 0 Å². The highest BCUT2D eigenvalue weighted by Crippen LogP contribution is 2.10. The van der Waals surface area contributed by atoms with Gasteiger partial charge >= 0.3 is 0 Å². The number of nitrogens with one attached hydrogen (secondary N) is 2. The number of hydrogen-bond acceptors (Lipinski definition) is 6. The Morgan fingerprint density at radius 3 is 2.86 bits per heavy atom. The average Bonchev–Trinajstić information content (AvgIpc) is 2.54. The minimum absolute atomic E-state index is 0.0565. The Hall–Kier alpha value is -3.14. The van der Waals surface area contributed by atoms with Gasteiger partial charge in [-0.3, -0.25) is 4.79 Å². The summed E-state index contributed by atoms with van der Waals surface area (Å²) in [6, 6.07) is 8.11. The maximum atomic E-state index is 11.8. The van der Waals surface area contributed by atoms with Gasteiger partial charge in [-0.2, -0.15) is 5.26 Å². The fourth-order valence-electron chi connectivity index (χ4n) is 1.80. The van der Waals surface area contributed by atoms with Crippen LogP contribution in [0.25, 0.3) is 0 Å². The molecule has 0 atom stereocenters. The fourth-order valence-corrected chi connectivity index (χ4v) is 1.80. The molecule has 1 heterocycles. The van der Waals surface area contributed by atoms with Gasteiger partial charge in [-0.1, -0.05) is 6.07 Å². The SMILES string of the molecule is N#Cc1nccnc1NCCCNC(=O)c1cccc(O)c1. The molecule has 0 aliphatic rings. The number of carbonyl (C=O) groups excluding carboxylic acids is 1. The van der Waals surface area contributed by atoms with E-state index in [2.05, 4.69) is 20.6 Å². The van der Waals surface area contributed by atoms with E-state index in [4.69, 9.17) is 5.26 Å². The van der Waals surface area contributed by atoms with E-state index < -0.39 is 0 Å². The minimum atomic E-state index is -0.242. The van der Waals surface area contributed by atoms with Crippen LogP contribution in [0.1, 0.15) is 22.5 Å². The molecule has 2 rings (SSSR count). The molecule has 0 fully saturated rings. The van der Waals surface area contributed by atoms with Gasteiger partial charge in [-0.05, 0) is 24.6 Å². The summed E-state index contributed by atoms with van der Waals surface area (Å²) in [5, 5.41) is 23.9. The highest BCUT2D eigenvalue weighted by atomic mass is 16.3. The summed E-state index contributed by atoms with van der Waals surface area (Å²) in [7, 11) is 0. The van der Waals surface area contributed by atoms with Crippen molar-refractivity contribution in [3.63, 3.8) is 0 Å². The molecular formula is C15H15N5O2. The molecule has 3 N–H and O–H groups in total. The lowest BCUT2D eigenvalue weighted by atomic mass is 10.2. The van der Waals surface area contributed by atoms with E-state index in [1.54, 1.807) is 12.1 Å². The lowest BCUT2D eigenvalue weighted by Gasteiger charge is -2.07. The molecule has 112 valence electrons. The molecule has 0 saturated carbocycles. The number of amides is 1. The van der Waals surface area contributed by atoms with E-state index in [-0.39, 0.29) is 17.4 Å². The number of anilines is 1. The number of phenols is 1. The Morgan fingerprint density at radius 1 is 1.27 bits per heavy atom. The number of carbonyl (C=O) groups is 1. The summed E-state index contributed by atoms with van der Waals surface area (Å²) >= 11 is 0. The molecule has 0 aliphatic carbocycles. The van der Waals surface area contributed by atoms with Crippen LogP contribution in [-0.2, 0) is 0 Å². The van der Waals surface area contributed by atoms with Crippen LogP contribution in [0.5, 0.6) is 5.75 Å². The largest absolute Gasteiger partial charge is 0.508 e. The normalized spacial score (nSPS) is 9.77. The zero-order valence-electron chi connectivity index (χ0n) is 11.8. The molecule has 1 amide bonds. The van der Waals surface area contributed by atoms with Crippen molar-refractivity contribution in [1.29, 1.82) is 5.26 Å². The lowest BCUT2D eigenvalue weighted by Crippen LogP contribution is -2.25. The smallest absolute Gasteiger partial charge is 0.251 e. The van der Waals surface area contributed by atoms with Crippen molar-refractivity contribution in [3.8, 4) is 11.8 Å². The van der Waals surface area contributed by atoms with Crippen molar-refractivity contribution in [2.75, 3.05) is 18.4 Å². The Bertz CT molecular complexity index is 696. The van der Waals surface area contributed by atoms with Crippen molar-refractivity contribution in [3.05, 3.63) is 47.9 Å². The molecular weight excluding hydrogens is 282 g/mol. The number of nitrogens with zero attached hydrogens (tertiary/aromatic N) is 3. The van der Waals surface area contributed by atoms with Gasteiger partial charge in [-0.15, -0.1) is 0 Å². The highest BCUT2D eigenvalue weighted by molar-refractivity contribution is 5.94. The Labute approximate surface area is 127 Å². The standard InChI is InChI=1S/C15H15N5O2/c16-10-13-14(19-8-7-17-13)18-5-2-6-20-15(22)11-3-1-4-12(21)9-11/h1,3-4,7-9,21H,2,5-6H2,(H,18,19)(H,20,22). The van der Waals surface area contributed by atoms with Crippen molar-refractivity contribution in [1.82, 2.24) is 15.3 Å². The third-order valence-electron chi connectivity index (χ3n) is 2.84. The topological polar surface area (TPSA) is 111 Å². The van der Waals surface area contributed by atoms with E-state index in [9.17, 15) is 9.90 Å². The summed E-state index contributed by atoms with van der Waals surface area (Å²) in [6.45, 7) is 1.01. The van der Waals surface area contributed by atoms with Gasteiger partial charge in [-0.25, -0.2) is 9.97 Å². The molecule has 7 heteroatoms. The predicted octanol–water partition coefficient (Wildman–Crippen LogP) is 1.29. The van der Waals surface area contributed by atoms with Gasteiger partial charge in [0.25, 0.3) is 5.91 Å². The molecule has 7 nitrogen and oxygen atoms in total. The van der Waals surface area contributed by atoms with Gasteiger partial charge in [0.05, 0.1) is 0 Å². The average molecular weight is 297 g/mol. The maximum Gasteiger partial charge on any atom is 0.251 e. The number of aromatic nitrogens is 2. The van der Waals surface area contributed by atoms with Gasteiger partial charge < -0.3 is 15.7 Å². The van der Waals surface area contributed by atoms with Crippen LogP contribution in [0.3, 0.4) is 0 Å². The quantitative estimate of drug-likeness (QED) is 0.693. The second kappa shape index (κ2) is 7.59. The number of benzene rings is 1. The van der Waals surface area contributed by atoms with E-state index in [1.165, 1.54) is 24.5 Å². The van der Waals surface area contributed by atoms with Crippen LogP contribution >= 0.6 is 0 Å². The zero-order chi connectivity index (χ0) is 15.8. The van der Waals surface area contributed by atoms with Gasteiger partial charge in [0, 0.05) is 31.0 Å². The first-order valence-corrected chi connectivity index (χ1v) is 6.73. The number of rotatable bonds is 6. The number of phenolic OH excluding ortho intramolecular Hbond substituents is 1. The Morgan fingerprint density at radius 2 is 2.09 bits per heavy atom. The zero-order valence-corrected chi connectivity index (χ0v) is 11.8. The fraction of sp³-hybridized carbons (Fsp3) is 0.200. The third kappa shape index (κ3) is 4.18. The molecule has 0 bridgehead atoms. The summed E-state index contributed by atoms with van der Waals surface area (Å²) < 4.78 is 0. The van der Waals surface area contributed by atoms with Gasteiger partial charge in [0.2, 0.25) is 0 Å². The first-order chi connectivity index (χ1) is 10.7. The molecule has 0 aliphatic heterocycles.